The van der Waals surface area contributed by atoms with Crippen molar-refractivity contribution in [1.29, 1.82) is 0 Å². The molecule has 2 heterocycles. The van der Waals surface area contributed by atoms with Crippen LogP contribution < -0.4 is 14.8 Å². The molecule has 0 unspecified atom stereocenters. The summed E-state index contributed by atoms with van der Waals surface area (Å²) in [4.78, 5) is 15.5. The van der Waals surface area contributed by atoms with Crippen LogP contribution in [-0.4, -0.2) is 42.2 Å². The van der Waals surface area contributed by atoms with Gasteiger partial charge in [0.25, 0.3) is 5.91 Å². The Kier molecular flexibility index (Phi) is 8.96. The molecule has 1 aliphatic carbocycles. The first-order valence-electron chi connectivity index (χ1n) is 13.9. The molecule has 39 heavy (non-hydrogen) atoms. The van der Waals surface area contributed by atoms with E-state index >= 15 is 0 Å². The van der Waals surface area contributed by atoms with E-state index < -0.39 is 15.8 Å². The van der Waals surface area contributed by atoms with Crippen LogP contribution in [-0.2, 0) is 27.6 Å². The molecule has 0 spiro atoms. The van der Waals surface area contributed by atoms with Gasteiger partial charge in [-0.2, -0.15) is 0 Å². The highest BCUT2D eigenvalue weighted by Gasteiger charge is 2.38. The van der Waals surface area contributed by atoms with Gasteiger partial charge >= 0.3 is 0 Å². The Bertz CT molecular complexity index is 1350. The Morgan fingerprint density at radius 2 is 2.00 bits per heavy atom. The van der Waals surface area contributed by atoms with Crippen LogP contribution >= 0.6 is 11.6 Å². The van der Waals surface area contributed by atoms with Crippen molar-refractivity contribution in [2.45, 2.75) is 57.6 Å². The number of carbonyl (C=O) groups is 1. The van der Waals surface area contributed by atoms with Crippen LogP contribution in [0.2, 0.25) is 5.02 Å². The van der Waals surface area contributed by atoms with E-state index in [4.69, 9.17) is 26.2 Å². The van der Waals surface area contributed by atoms with Gasteiger partial charge in [0.15, 0.2) is 0 Å². The van der Waals surface area contributed by atoms with Crippen LogP contribution in [0.1, 0.15) is 60.0 Å². The van der Waals surface area contributed by atoms with Crippen molar-refractivity contribution < 1.29 is 18.5 Å². The summed E-state index contributed by atoms with van der Waals surface area (Å²) >= 11 is 6.39. The number of aryl methyl sites for hydroxylation is 1. The number of amides is 1. The standard InChI is InChI=1S/C30H38ClN3O4S/c1-37-28-8-3-2-6-16-39(32,36)33-30(35)22-11-14-29-27(18-22)34(20-24-10-13-26(24)28)19-23-9-12-25(31)17-21(23)7-4-5-15-38-29/h3,8-9,11-12,14,17-18,24,26,28H,2,4-7,10,13,15-16,19-20H2,1H3,(H2,32,33,35,36)/b8-3+/t24-,26+,28-,39-/m0/s1. The number of anilines is 1. The summed E-state index contributed by atoms with van der Waals surface area (Å²) in [6.07, 6.45) is 10.6. The van der Waals surface area contributed by atoms with Crippen LogP contribution in [0.5, 0.6) is 5.75 Å². The molecule has 5 rings (SSSR count). The lowest BCUT2D eigenvalue weighted by molar-refractivity contribution is 0.0134. The minimum absolute atomic E-state index is 0.0160. The van der Waals surface area contributed by atoms with Gasteiger partial charge in [-0.05, 0) is 98.2 Å². The fourth-order valence-corrected chi connectivity index (χ4v) is 7.12. The van der Waals surface area contributed by atoms with Crippen LogP contribution in [0.3, 0.4) is 0 Å². The quantitative estimate of drug-likeness (QED) is 0.428. The Hall–Kier alpha value is -2.39. The van der Waals surface area contributed by atoms with Gasteiger partial charge in [-0.15, -0.1) is 4.36 Å². The van der Waals surface area contributed by atoms with E-state index in [1.165, 1.54) is 11.1 Å². The van der Waals surface area contributed by atoms with E-state index in [1.807, 2.05) is 18.2 Å². The third-order valence-corrected chi connectivity index (χ3v) is 9.75. The largest absolute Gasteiger partial charge is 0.491 e. The van der Waals surface area contributed by atoms with Crippen LogP contribution in [0, 0.1) is 11.8 Å². The highest BCUT2D eigenvalue weighted by Crippen LogP contribution is 2.42. The molecule has 9 heteroatoms. The average Bonchev–Trinajstić information content (AvgIpc) is 2.92. The Balaban J connectivity index is 1.61. The normalized spacial score (nSPS) is 28.9. The zero-order valence-electron chi connectivity index (χ0n) is 22.5. The zero-order valence-corrected chi connectivity index (χ0v) is 24.1. The number of ether oxygens (including phenoxy) is 2. The van der Waals surface area contributed by atoms with Crippen molar-refractivity contribution in [3.63, 3.8) is 0 Å². The molecule has 2 aliphatic heterocycles. The molecule has 7 nitrogen and oxygen atoms in total. The summed E-state index contributed by atoms with van der Waals surface area (Å²) in [6.45, 7) is 2.02. The Labute approximate surface area is 237 Å². The minimum atomic E-state index is -3.14. The number of hydrogen-bond acceptors (Lipinski definition) is 5. The third-order valence-electron chi connectivity index (χ3n) is 8.17. The summed E-state index contributed by atoms with van der Waals surface area (Å²) in [5.41, 5.74) is 3.65. The van der Waals surface area contributed by atoms with Gasteiger partial charge in [0.05, 0.1) is 18.4 Å². The number of nitrogens with two attached hydrogens (primary N) is 1. The maximum atomic E-state index is 13.2. The first-order valence-corrected chi connectivity index (χ1v) is 16.0. The monoisotopic (exact) mass is 571 g/mol. The summed E-state index contributed by atoms with van der Waals surface area (Å²) in [7, 11) is -1.37. The molecule has 1 saturated carbocycles. The Morgan fingerprint density at radius 1 is 1.13 bits per heavy atom. The molecular weight excluding hydrogens is 534 g/mol. The lowest BCUT2D eigenvalue weighted by Crippen LogP contribution is -2.43. The van der Waals surface area contributed by atoms with Crippen molar-refractivity contribution in [2.75, 3.05) is 30.9 Å². The van der Waals surface area contributed by atoms with Gasteiger partial charge in [-0.3, -0.25) is 4.79 Å². The fraction of sp³-hybridized carbons (Fsp3) is 0.500. The number of nitrogens with zero attached hydrogens (tertiary/aromatic N) is 2. The summed E-state index contributed by atoms with van der Waals surface area (Å²) in [6, 6.07) is 11.5. The van der Waals surface area contributed by atoms with E-state index in [1.54, 1.807) is 13.2 Å². The van der Waals surface area contributed by atoms with Crippen LogP contribution in [0.4, 0.5) is 5.69 Å². The number of carbonyl (C=O) groups excluding carboxylic acids is 1. The molecule has 1 fully saturated rings. The maximum Gasteiger partial charge on any atom is 0.286 e. The maximum absolute atomic E-state index is 13.2. The number of hydrogen-bond donors (Lipinski definition) is 1. The number of methoxy groups -OCH3 is 1. The first-order chi connectivity index (χ1) is 18.8. The molecule has 4 atom stereocenters. The molecule has 0 aromatic heterocycles. The average molecular weight is 572 g/mol. The molecule has 0 saturated heterocycles. The minimum Gasteiger partial charge on any atom is -0.491 e. The number of fused-ring (bicyclic) bond motifs is 3. The number of rotatable bonds is 1. The van der Waals surface area contributed by atoms with Crippen LogP contribution in [0.25, 0.3) is 0 Å². The molecule has 2 aromatic carbocycles. The Morgan fingerprint density at radius 3 is 2.79 bits per heavy atom. The second-order valence-corrected chi connectivity index (χ2v) is 13.3. The molecule has 210 valence electrons. The van der Waals surface area contributed by atoms with Gasteiger partial charge in [0.1, 0.15) is 15.7 Å². The molecule has 0 radical (unpaired) electrons. The molecule has 3 aliphatic rings. The van der Waals surface area contributed by atoms with Crippen molar-refractivity contribution >= 4 is 33.1 Å². The van der Waals surface area contributed by atoms with Crippen molar-refractivity contribution in [3.05, 3.63) is 70.3 Å². The first kappa shape index (κ1) is 28.1. The molecule has 2 aromatic rings. The third kappa shape index (κ3) is 6.85. The summed E-state index contributed by atoms with van der Waals surface area (Å²) in [5.74, 6) is 1.15. The predicted octanol–water partition coefficient (Wildman–Crippen LogP) is 5.93. The number of halogens is 1. The van der Waals surface area contributed by atoms with Crippen molar-refractivity contribution in [3.8, 4) is 5.75 Å². The lowest BCUT2D eigenvalue weighted by Gasteiger charge is -2.43. The van der Waals surface area contributed by atoms with Gasteiger partial charge in [0.2, 0.25) is 0 Å². The topological polar surface area (TPSA) is 94.2 Å². The second-order valence-electron chi connectivity index (χ2n) is 10.8. The highest BCUT2D eigenvalue weighted by atomic mass is 35.5. The second kappa shape index (κ2) is 12.4. The van der Waals surface area contributed by atoms with E-state index in [0.717, 1.165) is 55.1 Å². The zero-order chi connectivity index (χ0) is 27.4. The predicted molar refractivity (Wildman–Crippen MR) is 157 cm³/mol. The van der Waals surface area contributed by atoms with E-state index in [0.29, 0.717) is 43.4 Å². The van der Waals surface area contributed by atoms with E-state index in [9.17, 15) is 9.00 Å². The van der Waals surface area contributed by atoms with Gasteiger partial charge in [0, 0.05) is 36.5 Å². The SMILES string of the molecule is CO[C@H]1/C=C/CCC[S@@](N)(=O)=NC(=O)c2ccc3c(c2)N(Cc2ccc(Cl)cc2CCCCO3)C[C@@H]2CC[C@H]21. The lowest BCUT2D eigenvalue weighted by atomic mass is 9.70. The van der Waals surface area contributed by atoms with Crippen LogP contribution in [0.15, 0.2) is 52.9 Å². The smallest absolute Gasteiger partial charge is 0.286 e. The van der Waals surface area contributed by atoms with Crippen molar-refractivity contribution in [2.24, 2.45) is 21.3 Å². The van der Waals surface area contributed by atoms with E-state index in [-0.39, 0.29) is 11.9 Å². The van der Waals surface area contributed by atoms with Gasteiger partial charge < -0.3 is 14.4 Å². The fourth-order valence-electron chi connectivity index (χ4n) is 5.86. The summed E-state index contributed by atoms with van der Waals surface area (Å²) in [5, 5.41) is 6.72. The number of benzene rings is 2. The van der Waals surface area contributed by atoms with E-state index in [2.05, 4.69) is 33.5 Å². The highest BCUT2D eigenvalue weighted by molar-refractivity contribution is 7.91. The van der Waals surface area contributed by atoms with Gasteiger partial charge in [-0.1, -0.05) is 29.8 Å². The van der Waals surface area contributed by atoms with Crippen molar-refractivity contribution in [1.82, 2.24) is 0 Å². The molecule has 2 N–H and O–H groups in total. The summed E-state index contributed by atoms with van der Waals surface area (Å²) < 4.78 is 29.1. The number of allylic oxidation sites excluding steroid dienone is 1. The molecule has 2 bridgehead atoms. The molecule has 1 amide bonds. The van der Waals surface area contributed by atoms with Gasteiger partial charge in [-0.25, -0.2) is 9.35 Å². The molecular formula is C30H38ClN3O4S.